The number of carbonyl (C=O) groups is 2. The lowest BCUT2D eigenvalue weighted by atomic mass is 9.78. The molecule has 3 atom stereocenters. The van der Waals surface area contributed by atoms with Gasteiger partial charge in [0.15, 0.2) is 0 Å². The number of hydrogen-bond donors (Lipinski definition) is 3. The SMILES string of the molecule is C=C/C(Br)=C\C(OCC(=C)CC(=C)/C=C\C)=C(/CC)C(Nc1ccccc1)C(N)(CCC(O)c1ccc(F)cc1)C(=O)N(C)C(=O)OC. The van der Waals surface area contributed by atoms with Crippen molar-refractivity contribution in [3.63, 3.8) is 0 Å². The first-order valence-electron chi connectivity index (χ1n) is 15.5. The Morgan fingerprint density at radius 2 is 1.81 bits per heavy atom. The molecule has 0 aliphatic heterocycles. The van der Waals surface area contributed by atoms with Crippen molar-refractivity contribution in [3.8, 4) is 0 Å². The highest BCUT2D eigenvalue weighted by molar-refractivity contribution is 9.11. The van der Waals surface area contributed by atoms with Gasteiger partial charge in [-0.1, -0.05) is 96.7 Å². The van der Waals surface area contributed by atoms with Gasteiger partial charge in [0.25, 0.3) is 5.91 Å². The summed E-state index contributed by atoms with van der Waals surface area (Å²) < 4.78 is 25.5. The number of imide groups is 1. The molecule has 0 aliphatic carbocycles. The van der Waals surface area contributed by atoms with E-state index in [1.807, 2.05) is 56.3 Å². The minimum Gasteiger partial charge on any atom is -0.489 e. The molecule has 258 valence electrons. The number of benzene rings is 2. The second-order valence-corrected chi connectivity index (χ2v) is 12.2. The molecule has 3 unspecified atom stereocenters. The standard InChI is InChI=1S/C38H47BrFN3O5/c1-8-14-26(4)23-27(5)25-48-34(24-29(39)9-2)32(10-3)35(42-31-15-12-11-13-16-31)38(41,36(45)43(6)37(46)47-7)22-21-33(44)28-17-19-30(40)20-18-28/h8-9,11-20,24,33,35,42,44H,2,4-5,10,21-23,25,41H2,1,3,6-7H3/b14-8-,29-24+,34-32-. The zero-order valence-corrected chi connectivity index (χ0v) is 29.8. The minimum atomic E-state index is -1.86. The van der Waals surface area contributed by atoms with Crippen LogP contribution in [0.1, 0.15) is 51.2 Å². The zero-order valence-electron chi connectivity index (χ0n) is 28.2. The summed E-state index contributed by atoms with van der Waals surface area (Å²) in [6.45, 7) is 16.0. The van der Waals surface area contributed by atoms with E-state index in [1.54, 1.807) is 12.2 Å². The van der Waals surface area contributed by atoms with Gasteiger partial charge in [-0.2, -0.15) is 0 Å². The van der Waals surface area contributed by atoms with Gasteiger partial charge in [0, 0.05) is 17.2 Å². The Labute approximate surface area is 292 Å². The van der Waals surface area contributed by atoms with E-state index in [4.69, 9.17) is 15.2 Å². The van der Waals surface area contributed by atoms with Crippen molar-refractivity contribution in [2.24, 2.45) is 5.73 Å². The van der Waals surface area contributed by atoms with Crippen molar-refractivity contribution in [2.75, 3.05) is 26.1 Å². The van der Waals surface area contributed by atoms with E-state index in [-0.39, 0.29) is 19.4 Å². The summed E-state index contributed by atoms with van der Waals surface area (Å²) in [4.78, 5) is 27.9. The number of amides is 2. The fraction of sp³-hybridized carbons (Fsp3) is 0.316. The Balaban J connectivity index is 2.79. The van der Waals surface area contributed by atoms with Crippen molar-refractivity contribution in [1.29, 1.82) is 0 Å². The average molecular weight is 725 g/mol. The summed E-state index contributed by atoms with van der Waals surface area (Å²) >= 11 is 3.51. The molecular formula is C38H47BrFN3O5. The average Bonchev–Trinajstić information content (AvgIpc) is 3.08. The van der Waals surface area contributed by atoms with Gasteiger partial charge in [0.05, 0.1) is 19.3 Å². The second kappa shape index (κ2) is 19.5. The van der Waals surface area contributed by atoms with Crippen molar-refractivity contribution in [2.45, 2.75) is 57.2 Å². The highest BCUT2D eigenvalue weighted by Crippen LogP contribution is 2.34. The molecule has 0 bridgehead atoms. The van der Waals surface area contributed by atoms with Crippen LogP contribution in [-0.2, 0) is 14.3 Å². The molecule has 2 aromatic rings. The lowest BCUT2D eigenvalue weighted by Crippen LogP contribution is -2.65. The first-order valence-corrected chi connectivity index (χ1v) is 16.3. The van der Waals surface area contributed by atoms with E-state index < -0.39 is 35.5 Å². The maximum absolute atomic E-state index is 14.4. The van der Waals surface area contributed by atoms with Crippen LogP contribution >= 0.6 is 15.9 Å². The Kier molecular flexibility index (Phi) is 16.3. The number of methoxy groups -OCH3 is 1. The molecule has 10 heteroatoms. The third-order valence-corrected chi connectivity index (χ3v) is 8.21. The number of likely N-dealkylation sites (N-methyl/N-ethyl adjacent to an activating group) is 1. The molecule has 4 N–H and O–H groups in total. The first kappa shape index (κ1) is 39.9. The van der Waals surface area contributed by atoms with Gasteiger partial charge in [-0.3, -0.25) is 4.79 Å². The molecule has 0 spiro atoms. The van der Waals surface area contributed by atoms with Gasteiger partial charge in [-0.15, -0.1) is 0 Å². The smallest absolute Gasteiger partial charge is 0.416 e. The summed E-state index contributed by atoms with van der Waals surface area (Å²) in [5.41, 5.74) is 8.68. The number of carbonyl (C=O) groups excluding carboxylic acids is 2. The number of allylic oxidation sites excluding steroid dienone is 6. The number of nitrogens with two attached hydrogens (primary N) is 1. The topological polar surface area (TPSA) is 114 Å². The molecule has 48 heavy (non-hydrogen) atoms. The van der Waals surface area contributed by atoms with Crippen LogP contribution in [0.3, 0.4) is 0 Å². The molecule has 0 aromatic heterocycles. The molecule has 2 rings (SSSR count). The van der Waals surface area contributed by atoms with Crippen molar-refractivity contribution in [1.82, 2.24) is 4.90 Å². The predicted molar refractivity (Wildman–Crippen MR) is 195 cm³/mol. The molecule has 0 heterocycles. The number of nitrogens with zero attached hydrogens (tertiary/aromatic N) is 1. The van der Waals surface area contributed by atoms with Crippen LogP contribution in [0.15, 0.2) is 126 Å². The number of ether oxygens (including phenoxy) is 2. The summed E-state index contributed by atoms with van der Waals surface area (Å²) in [6, 6.07) is 13.6. The quantitative estimate of drug-likeness (QED) is 0.0806. The molecule has 8 nitrogen and oxygen atoms in total. The van der Waals surface area contributed by atoms with Gasteiger partial charge >= 0.3 is 6.09 Å². The van der Waals surface area contributed by atoms with Crippen molar-refractivity contribution in [3.05, 3.63) is 137 Å². The molecular weight excluding hydrogens is 677 g/mol. The Morgan fingerprint density at radius 1 is 1.17 bits per heavy atom. The summed E-state index contributed by atoms with van der Waals surface area (Å²) in [6.07, 6.45) is 5.92. The largest absolute Gasteiger partial charge is 0.489 e. The number of hydrogen-bond acceptors (Lipinski definition) is 7. The van der Waals surface area contributed by atoms with E-state index in [9.17, 15) is 19.1 Å². The van der Waals surface area contributed by atoms with Crippen LogP contribution in [-0.4, -0.2) is 54.4 Å². The van der Waals surface area contributed by atoms with E-state index in [0.29, 0.717) is 39.9 Å². The van der Waals surface area contributed by atoms with Crippen LogP contribution < -0.4 is 11.1 Å². The molecule has 2 aromatic carbocycles. The number of aliphatic hydroxyl groups excluding tert-OH is 1. The number of aliphatic hydroxyl groups is 1. The number of nitrogens with one attached hydrogen (secondary N) is 1. The van der Waals surface area contributed by atoms with Crippen molar-refractivity contribution < 1.29 is 28.6 Å². The predicted octanol–water partition coefficient (Wildman–Crippen LogP) is 8.27. The van der Waals surface area contributed by atoms with Crippen LogP contribution in [0, 0.1) is 5.82 Å². The highest BCUT2D eigenvalue weighted by Gasteiger charge is 2.47. The normalized spacial score (nSPS) is 14.6. The van der Waals surface area contributed by atoms with E-state index >= 15 is 0 Å². The summed E-state index contributed by atoms with van der Waals surface area (Å²) in [5, 5.41) is 14.6. The van der Waals surface area contributed by atoms with Gasteiger partial charge in [0.2, 0.25) is 0 Å². The maximum Gasteiger partial charge on any atom is 0.416 e. The first-order chi connectivity index (χ1) is 22.8. The molecule has 0 saturated heterocycles. The molecule has 0 saturated carbocycles. The van der Waals surface area contributed by atoms with Crippen molar-refractivity contribution >= 4 is 33.6 Å². The van der Waals surface area contributed by atoms with Crippen LogP contribution in [0.4, 0.5) is 14.9 Å². The van der Waals surface area contributed by atoms with Gasteiger partial charge in [0.1, 0.15) is 23.7 Å². The summed E-state index contributed by atoms with van der Waals surface area (Å²) in [7, 11) is 2.45. The summed E-state index contributed by atoms with van der Waals surface area (Å²) in [5.74, 6) is -0.796. The van der Waals surface area contributed by atoms with Gasteiger partial charge < -0.3 is 25.6 Å². The third-order valence-electron chi connectivity index (χ3n) is 7.66. The molecule has 0 aliphatic rings. The van der Waals surface area contributed by atoms with Crippen LogP contribution in [0.2, 0.25) is 0 Å². The van der Waals surface area contributed by atoms with Crippen LogP contribution in [0.25, 0.3) is 0 Å². The second-order valence-electron chi connectivity index (χ2n) is 11.3. The fourth-order valence-electron chi connectivity index (χ4n) is 5.14. The van der Waals surface area contributed by atoms with Crippen LogP contribution in [0.5, 0.6) is 0 Å². The zero-order chi connectivity index (χ0) is 35.9. The molecule has 2 amide bonds. The number of rotatable bonds is 18. The van der Waals surface area contributed by atoms with E-state index in [0.717, 1.165) is 16.0 Å². The lowest BCUT2D eigenvalue weighted by molar-refractivity contribution is -0.134. The van der Waals surface area contributed by atoms with E-state index in [2.05, 4.69) is 41.0 Å². The Hall–Kier alpha value is -4.25. The number of para-hydroxylation sites is 1. The van der Waals surface area contributed by atoms with E-state index in [1.165, 1.54) is 38.4 Å². The van der Waals surface area contributed by atoms with Gasteiger partial charge in [-0.25, -0.2) is 14.1 Å². The van der Waals surface area contributed by atoms with Gasteiger partial charge in [-0.05, 0) is 79.7 Å². The molecule has 0 fully saturated rings. The number of anilines is 1. The highest BCUT2D eigenvalue weighted by atomic mass is 79.9. The monoisotopic (exact) mass is 723 g/mol. The Bertz CT molecular complexity index is 1520. The Morgan fingerprint density at radius 3 is 2.38 bits per heavy atom. The third kappa shape index (κ3) is 11.5. The number of halogens is 2. The molecule has 0 radical (unpaired) electrons. The lowest BCUT2D eigenvalue weighted by Gasteiger charge is -2.41. The minimum absolute atomic E-state index is 0.000898. The maximum atomic E-state index is 14.4. The fourth-order valence-corrected chi connectivity index (χ4v) is 5.35.